The molecule has 2 fully saturated rings. The van der Waals surface area contributed by atoms with Crippen LogP contribution in [0.1, 0.15) is 52.0 Å². The van der Waals surface area contributed by atoms with Gasteiger partial charge in [0.25, 0.3) is 0 Å². The first-order chi connectivity index (χ1) is 10.1. The molecule has 116 valence electrons. The van der Waals surface area contributed by atoms with Crippen molar-refractivity contribution in [2.24, 2.45) is 5.92 Å². The normalized spacial score (nSPS) is 34.6. The number of hydrogen-bond acceptors (Lipinski definition) is 2. The third kappa shape index (κ3) is 2.89. The fourth-order valence-corrected chi connectivity index (χ4v) is 3.75. The molecule has 3 rings (SSSR count). The van der Waals surface area contributed by atoms with Crippen LogP contribution in [-0.4, -0.2) is 30.1 Å². The molecule has 1 aromatic carbocycles. The molecular weight excluding hydrogens is 256 g/mol. The van der Waals surface area contributed by atoms with E-state index in [9.17, 15) is 0 Å². The van der Waals surface area contributed by atoms with Gasteiger partial charge in [0.05, 0.1) is 5.54 Å². The van der Waals surface area contributed by atoms with Crippen molar-refractivity contribution in [2.75, 3.05) is 19.6 Å². The van der Waals surface area contributed by atoms with Gasteiger partial charge in [0.15, 0.2) is 0 Å². The van der Waals surface area contributed by atoms with Gasteiger partial charge >= 0.3 is 0 Å². The molecule has 0 aromatic heterocycles. The molecule has 0 amide bonds. The molecule has 1 aliphatic carbocycles. The molecule has 0 radical (unpaired) electrons. The van der Waals surface area contributed by atoms with Crippen LogP contribution in [-0.2, 0) is 5.54 Å². The standard InChI is InChI=1S/C19H30N2/c1-4-18(2)14-20-19(3,17-11-6-5-7-12-17)15-21(18)13-16-9-8-10-16/h5-7,11-12,16,20H,4,8-10,13-15H2,1-3H3. The lowest BCUT2D eigenvalue weighted by Gasteiger charge is -2.54. The predicted octanol–water partition coefficient (Wildman–Crippen LogP) is 3.78. The average Bonchev–Trinajstić information content (AvgIpc) is 2.47. The maximum atomic E-state index is 3.85. The maximum Gasteiger partial charge on any atom is 0.0535 e. The van der Waals surface area contributed by atoms with E-state index in [1.807, 2.05) is 0 Å². The smallest absolute Gasteiger partial charge is 0.0535 e. The summed E-state index contributed by atoms with van der Waals surface area (Å²) in [6, 6.07) is 11.0. The minimum absolute atomic E-state index is 0.0830. The lowest BCUT2D eigenvalue weighted by atomic mass is 9.79. The third-order valence-electron chi connectivity index (χ3n) is 6.01. The highest BCUT2D eigenvalue weighted by molar-refractivity contribution is 5.25. The fraction of sp³-hybridized carbons (Fsp3) is 0.684. The van der Waals surface area contributed by atoms with Gasteiger partial charge in [0.1, 0.15) is 0 Å². The van der Waals surface area contributed by atoms with Gasteiger partial charge in [-0.15, -0.1) is 0 Å². The Labute approximate surface area is 129 Å². The Bertz CT molecular complexity index is 468. The van der Waals surface area contributed by atoms with Crippen LogP contribution >= 0.6 is 0 Å². The van der Waals surface area contributed by atoms with Crippen molar-refractivity contribution in [1.82, 2.24) is 10.2 Å². The summed E-state index contributed by atoms with van der Waals surface area (Å²) < 4.78 is 0. The number of nitrogens with zero attached hydrogens (tertiary/aromatic N) is 1. The van der Waals surface area contributed by atoms with E-state index >= 15 is 0 Å². The summed E-state index contributed by atoms with van der Waals surface area (Å²) in [5.41, 5.74) is 1.81. The van der Waals surface area contributed by atoms with Crippen molar-refractivity contribution in [1.29, 1.82) is 0 Å². The molecule has 0 bridgehead atoms. The van der Waals surface area contributed by atoms with Crippen LogP contribution in [0, 0.1) is 5.92 Å². The molecule has 2 atom stereocenters. The number of hydrogen-bond donors (Lipinski definition) is 1. The Morgan fingerprint density at radius 2 is 1.90 bits per heavy atom. The van der Waals surface area contributed by atoms with Gasteiger partial charge in [-0.1, -0.05) is 43.7 Å². The van der Waals surface area contributed by atoms with Gasteiger partial charge in [-0.05, 0) is 44.6 Å². The Balaban J connectivity index is 1.80. The number of rotatable bonds is 4. The summed E-state index contributed by atoms with van der Waals surface area (Å²) in [5, 5.41) is 3.85. The molecule has 21 heavy (non-hydrogen) atoms. The first-order valence-electron chi connectivity index (χ1n) is 8.61. The number of benzene rings is 1. The molecule has 2 heteroatoms. The molecule has 0 spiro atoms. The molecule has 1 heterocycles. The summed E-state index contributed by atoms with van der Waals surface area (Å²) in [7, 11) is 0. The zero-order valence-electron chi connectivity index (χ0n) is 13.9. The van der Waals surface area contributed by atoms with Crippen molar-refractivity contribution in [3.63, 3.8) is 0 Å². The highest BCUT2D eigenvalue weighted by Crippen LogP contribution is 2.36. The Morgan fingerprint density at radius 1 is 1.19 bits per heavy atom. The van der Waals surface area contributed by atoms with E-state index in [0.29, 0.717) is 5.54 Å². The van der Waals surface area contributed by atoms with Gasteiger partial charge in [-0.25, -0.2) is 0 Å². The maximum absolute atomic E-state index is 3.85. The summed E-state index contributed by atoms with van der Waals surface area (Å²) >= 11 is 0. The van der Waals surface area contributed by atoms with Crippen molar-refractivity contribution in [3.05, 3.63) is 35.9 Å². The van der Waals surface area contributed by atoms with Crippen LogP contribution in [0.4, 0.5) is 0 Å². The van der Waals surface area contributed by atoms with Gasteiger partial charge < -0.3 is 5.32 Å². The molecule has 2 unspecified atom stereocenters. The van der Waals surface area contributed by atoms with Gasteiger partial charge in [-0.2, -0.15) is 0 Å². The van der Waals surface area contributed by atoms with Crippen LogP contribution in [0.3, 0.4) is 0 Å². The quantitative estimate of drug-likeness (QED) is 0.906. The minimum Gasteiger partial charge on any atom is -0.305 e. The van der Waals surface area contributed by atoms with Crippen molar-refractivity contribution in [3.8, 4) is 0 Å². The highest BCUT2D eigenvalue weighted by Gasteiger charge is 2.43. The lowest BCUT2D eigenvalue weighted by molar-refractivity contribution is -0.00407. The first kappa shape index (κ1) is 15.1. The topological polar surface area (TPSA) is 15.3 Å². The monoisotopic (exact) mass is 286 g/mol. The molecule has 1 saturated carbocycles. The van der Waals surface area contributed by atoms with Crippen LogP contribution < -0.4 is 5.32 Å². The van der Waals surface area contributed by atoms with Gasteiger partial charge in [0.2, 0.25) is 0 Å². The Kier molecular flexibility index (Phi) is 4.11. The molecule has 1 aromatic rings. The van der Waals surface area contributed by atoms with Crippen molar-refractivity contribution in [2.45, 2.75) is 57.5 Å². The number of nitrogens with one attached hydrogen (secondary N) is 1. The van der Waals surface area contributed by atoms with E-state index in [-0.39, 0.29) is 5.54 Å². The van der Waals surface area contributed by atoms with E-state index in [2.05, 4.69) is 61.3 Å². The van der Waals surface area contributed by atoms with E-state index in [1.54, 1.807) is 0 Å². The van der Waals surface area contributed by atoms with Gasteiger partial charge in [-0.3, -0.25) is 4.90 Å². The zero-order valence-corrected chi connectivity index (χ0v) is 13.9. The molecule has 1 aliphatic heterocycles. The average molecular weight is 286 g/mol. The minimum atomic E-state index is 0.0830. The van der Waals surface area contributed by atoms with E-state index in [0.717, 1.165) is 19.0 Å². The molecule has 2 nitrogen and oxygen atoms in total. The molecular formula is C19H30N2. The fourth-order valence-electron chi connectivity index (χ4n) is 3.75. The predicted molar refractivity (Wildman–Crippen MR) is 89.4 cm³/mol. The Morgan fingerprint density at radius 3 is 2.48 bits per heavy atom. The first-order valence-corrected chi connectivity index (χ1v) is 8.61. The largest absolute Gasteiger partial charge is 0.305 e. The number of piperazine rings is 1. The van der Waals surface area contributed by atoms with Crippen LogP contribution in [0.5, 0.6) is 0 Å². The third-order valence-corrected chi connectivity index (χ3v) is 6.01. The molecule has 1 saturated heterocycles. The molecule has 1 N–H and O–H groups in total. The second-order valence-electron chi connectivity index (χ2n) is 7.58. The van der Waals surface area contributed by atoms with E-state index in [1.165, 1.54) is 37.8 Å². The van der Waals surface area contributed by atoms with Gasteiger partial charge in [0, 0.05) is 25.2 Å². The second-order valence-corrected chi connectivity index (χ2v) is 7.58. The lowest BCUT2D eigenvalue weighted by Crippen LogP contribution is -2.67. The van der Waals surface area contributed by atoms with E-state index in [4.69, 9.17) is 0 Å². The van der Waals surface area contributed by atoms with Crippen molar-refractivity contribution >= 4 is 0 Å². The zero-order chi connectivity index (χ0) is 14.9. The highest BCUT2D eigenvalue weighted by atomic mass is 15.3. The van der Waals surface area contributed by atoms with Crippen LogP contribution in [0.15, 0.2) is 30.3 Å². The summed E-state index contributed by atoms with van der Waals surface area (Å²) in [6.07, 6.45) is 5.53. The van der Waals surface area contributed by atoms with Crippen molar-refractivity contribution < 1.29 is 0 Å². The summed E-state index contributed by atoms with van der Waals surface area (Å²) in [4.78, 5) is 2.78. The van der Waals surface area contributed by atoms with Crippen LogP contribution in [0.25, 0.3) is 0 Å². The SMILES string of the molecule is CCC1(C)CNC(C)(c2ccccc2)CN1CC1CCC1. The van der Waals surface area contributed by atoms with Crippen LogP contribution in [0.2, 0.25) is 0 Å². The molecule has 2 aliphatic rings. The van der Waals surface area contributed by atoms with E-state index < -0.39 is 0 Å². The summed E-state index contributed by atoms with van der Waals surface area (Å²) in [5.74, 6) is 0.939. The second kappa shape index (κ2) is 5.73. The Hall–Kier alpha value is -0.860. The summed E-state index contributed by atoms with van der Waals surface area (Å²) in [6.45, 7) is 10.6.